The number of hydrogen-bond acceptors (Lipinski definition) is 6. The minimum absolute atomic E-state index is 0.323. The molecule has 118 valence electrons. The molecule has 0 aliphatic carbocycles. The molecule has 23 heavy (non-hydrogen) atoms. The Morgan fingerprint density at radius 2 is 2.30 bits per heavy atom. The van der Waals surface area contributed by atoms with E-state index in [9.17, 15) is 9.18 Å². The molecule has 2 N–H and O–H groups in total. The van der Waals surface area contributed by atoms with Crippen LogP contribution in [0.25, 0.3) is 17.5 Å². The van der Waals surface area contributed by atoms with Crippen molar-refractivity contribution in [2.75, 3.05) is 6.54 Å². The van der Waals surface area contributed by atoms with Gasteiger partial charge in [-0.1, -0.05) is 16.9 Å². The molecular weight excluding hydrogens is 319 g/mol. The number of aromatic nitrogens is 2. The Morgan fingerprint density at radius 1 is 1.48 bits per heavy atom. The van der Waals surface area contributed by atoms with Crippen molar-refractivity contribution >= 4 is 28.8 Å². The molecule has 3 rings (SSSR count). The molecule has 1 aliphatic heterocycles. The number of amides is 1. The molecule has 3 heterocycles. The second kappa shape index (κ2) is 6.33. The molecule has 2 aromatic heterocycles. The average Bonchev–Trinajstić information content (AvgIpc) is 3.13. The van der Waals surface area contributed by atoms with Crippen molar-refractivity contribution in [1.29, 1.82) is 0 Å². The summed E-state index contributed by atoms with van der Waals surface area (Å²) in [7, 11) is 0. The summed E-state index contributed by atoms with van der Waals surface area (Å²) in [5.41, 5.74) is 7.03. The van der Waals surface area contributed by atoms with Gasteiger partial charge in [-0.05, 0) is 31.2 Å². The third-order valence-electron chi connectivity index (χ3n) is 3.26. The summed E-state index contributed by atoms with van der Waals surface area (Å²) in [4.78, 5) is 19.4. The zero-order valence-corrected chi connectivity index (χ0v) is 13.0. The van der Waals surface area contributed by atoms with E-state index >= 15 is 0 Å². The third-order valence-corrected chi connectivity index (χ3v) is 4.44. The average molecular weight is 332 g/mol. The van der Waals surface area contributed by atoms with Crippen LogP contribution in [-0.2, 0) is 4.79 Å². The Morgan fingerprint density at radius 3 is 2.96 bits per heavy atom. The van der Waals surface area contributed by atoms with Crippen LogP contribution < -0.4 is 5.73 Å². The summed E-state index contributed by atoms with van der Waals surface area (Å²) in [5, 5.41) is 4.36. The zero-order valence-electron chi connectivity index (χ0n) is 12.2. The SMILES string of the molecule is Cc1onc(-c2ccc(F)cn2)c1/C=C/C1=NCC(C(N)=O)S1. The first-order valence-electron chi connectivity index (χ1n) is 6.81. The van der Waals surface area contributed by atoms with Crippen LogP contribution in [0.3, 0.4) is 0 Å². The second-order valence-corrected chi connectivity index (χ2v) is 6.11. The van der Waals surface area contributed by atoms with Gasteiger partial charge in [0.2, 0.25) is 5.91 Å². The van der Waals surface area contributed by atoms with Crippen LogP contribution in [0.4, 0.5) is 4.39 Å². The number of rotatable bonds is 4. The van der Waals surface area contributed by atoms with Crippen LogP contribution in [0.15, 0.2) is 33.9 Å². The Bertz CT molecular complexity index is 798. The molecular formula is C15H13FN4O2S. The predicted molar refractivity (Wildman–Crippen MR) is 86.3 cm³/mol. The van der Waals surface area contributed by atoms with Crippen molar-refractivity contribution < 1.29 is 13.7 Å². The van der Waals surface area contributed by atoms with Gasteiger partial charge in [-0.25, -0.2) is 4.39 Å². The van der Waals surface area contributed by atoms with Crippen LogP contribution >= 0.6 is 11.8 Å². The maximum Gasteiger partial charge on any atom is 0.232 e. The van der Waals surface area contributed by atoms with Crippen molar-refractivity contribution in [2.24, 2.45) is 10.7 Å². The number of aliphatic imine (C=N–C) groups is 1. The van der Waals surface area contributed by atoms with Gasteiger partial charge in [0.1, 0.15) is 22.5 Å². The number of pyridine rings is 1. The van der Waals surface area contributed by atoms with E-state index in [1.165, 1.54) is 23.9 Å². The molecule has 1 unspecified atom stereocenters. The molecule has 0 saturated carbocycles. The minimum Gasteiger partial charge on any atom is -0.369 e. The highest BCUT2D eigenvalue weighted by Gasteiger charge is 2.23. The molecule has 2 aromatic rings. The van der Waals surface area contributed by atoms with Crippen LogP contribution in [0.2, 0.25) is 0 Å². The first-order chi connectivity index (χ1) is 11.0. The Labute approximate surface area is 135 Å². The Kier molecular flexibility index (Phi) is 4.24. The summed E-state index contributed by atoms with van der Waals surface area (Å²) in [5.74, 6) is -0.183. The van der Waals surface area contributed by atoms with E-state index in [1.807, 2.05) is 0 Å². The fraction of sp³-hybridized carbons (Fsp3) is 0.200. The number of primary amides is 1. The van der Waals surface area contributed by atoms with Crippen molar-refractivity contribution in [3.63, 3.8) is 0 Å². The van der Waals surface area contributed by atoms with Crippen LogP contribution in [0.1, 0.15) is 11.3 Å². The monoisotopic (exact) mass is 332 g/mol. The summed E-state index contributed by atoms with van der Waals surface area (Å²) >= 11 is 1.32. The second-order valence-electron chi connectivity index (χ2n) is 4.88. The van der Waals surface area contributed by atoms with Gasteiger partial charge in [-0.3, -0.25) is 14.8 Å². The molecule has 0 spiro atoms. The highest BCUT2D eigenvalue weighted by Crippen LogP contribution is 2.27. The molecule has 0 radical (unpaired) electrons. The fourth-order valence-electron chi connectivity index (χ4n) is 2.06. The molecule has 0 fully saturated rings. The molecule has 0 bridgehead atoms. The van der Waals surface area contributed by atoms with Gasteiger partial charge in [-0.15, -0.1) is 0 Å². The van der Waals surface area contributed by atoms with Crippen molar-refractivity contribution in [2.45, 2.75) is 12.2 Å². The Balaban J connectivity index is 1.84. The van der Waals surface area contributed by atoms with Gasteiger partial charge in [0.05, 0.1) is 23.5 Å². The maximum atomic E-state index is 13.0. The van der Waals surface area contributed by atoms with Gasteiger partial charge < -0.3 is 10.3 Å². The quantitative estimate of drug-likeness (QED) is 0.926. The van der Waals surface area contributed by atoms with Crippen molar-refractivity contribution in [1.82, 2.24) is 10.1 Å². The number of thioether (sulfide) groups is 1. The van der Waals surface area contributed by atoms with Crippen molar-refractivity contribution in [3.05, 3.63) is 41.5 Å². The van der Waals surface area contributed by atoms with Gasteiger partial charge in [0.15, 0.2) is 0 Å². The van der Waals surface area contributed by atoms with Gasteiger partial charge in [-0.2, -0.15) is 0 Å². The summed E-state index contributed by atoms with van der Waals surface area (Å²) in [6.45, 7) is 2.16. The van der Waals surface area contributed by atoms with Gasteiger partial charge >= 0.3 is 0 Å². The van der Waals surface area contributed by atoms with E-state index in [-0.39, 0.29) is 11.2 Å². The number of carbonyl (C=O) groups is 1. The van der Waals surface area contributed by atoms with E-state index < -0.39 is 5.82 Å². The van der Waals surface area contributed by atoms with Gasteiger partial charge in [0.25, 0.3) is 0 Å². The number of hydrogen-bond donors (Lipinski definition) is 1. The number of nitrogens with two attached hydrogens (primary N) is 1. The molecule has 1 amide bonds. The van der Waals surface area contributed by atoms with Crippen LogP contribution in [0.5, 0.6) is 0 Å². The number of halogens is 1. The molecule has 8 heteroatoms. The number of carbonyl (C=O) groups excluding carboxylic acids is 1. The van der Waals surface area contributed by atoms with E-state index in [1.54, 1.807) is 19.1 Å². The molecule has 1 atom stereocenters. The maximum absolute atomic E-state index is 13.0. The molecule has 6 nitrogen and oxygen atoms in total. The topological polar surface area (TPSA) is 94.4 Å². The third kappa shape index (κ3) is 3.31. The fourth-order valence-corrected chi connectivity index (χ4v) is 2.92. The summed E-state index contributed by atoms with van der Waals surface area (Å²) < 4.78 is 18.2. The Hall–Kier alpha value is -2.48. The smallest absolute Gasteiger partial charge is 0.232 e. The van der Waals surface area contributed by atoms with E-state index in [0.29, 0.717) is 28.7 Å². The van der Waals surface area contributed by atoms with E-state index in [2.05, 4.69) is 15.1 Å². The van der Waals surface area contributed by atoms with E-state index in [4.69, 9.17) is 10.3 Å². The number of aryl methyl sites for hydroxylation is 1. The number of nitrogens with zero attached hydrogens (tertiary/aromatic N) is 3. The first-order valence-corrected chi connectivity index (χ1v) is 7.69. The summed E-state index contributed by atoms with van der Waals surface area (Å²) in [6.07, 6.45) is 4.70. The lowest BCUT2D eigenvalue weighted by atomic mass is 10.1. The largest absolute Gasteiger partial charge is 0.369 e. The molecule has 0 saturated heterocycles. The highest BCUT2D eigenvalue weighted by molar-refractivity contribution is 8.15. The first kappa shape index (κ1) is 15.4. The van der Waals surface area contributed by atoms with Crippen LogP contribution in [-0.4, -0.2) is 32.9 Å². The highest BCUT2D eigenvalue weighted by atomic mass is 32.2. The minimum atomic E-state index is -0.416. The normalized spacial score (nSPS) is 17.7. The predicted octanol–water partition coefficient (Wildman–Crippen LogP) is 2.20. The molecule has 0 aromatic carbocycles. The summed E-state index contributed by atoms with van der Waals surface area (Å²) in [6, 6.07) is 2.85. The standard InChI is InChI=1S/C15H13FN4O2S/c1-8-10(3-5-13-19-7-12(23-13)15(17)21)14(20-22-8)11-4-2-9(16)6-18-11/h2-6,12H,7H2,1H3,(H2,17,21)/b5-3+. The lowest BCUT2D eigenvalue weighted by Crippen LogP contribution is -2.26. The lowest BCUT2D eigenvalue weighted by molar-refractivity contribution is -0.117. The van der Waals surface area contributed by atoms with E-state index in [0.717, 1.165) is 11.8 Å². The van der Waals surface area contributed by atoms with Gasteiger partial charge in [0, 0.05) is 5.56 Å². The zero-order chi connectivity index (χ0) is 16.4. The lowest BCUT2D eigenvalue weighted by Gasteiger charge is -2.00. The molecule has 1 aliphatic rings. The van der Waals surface area contributed by atoms with Crippen LogP contribution in [0, 0.1) is 12.7 Å². The van der Waals surface area contributed by atoms with Crippen molar-refractivity contribution in [3.8, 4) is 11.4 Å².